The lowest BCUT2D eigenvalue weighted by Crippen LogP contribution is -2.21. The van der Waals surface area contributed by atoms with Gasteiger partial charge in [0.1, 0.15) is 0 Å². The number of rotatable bonds is 6. The number of nitrogens with zero attached hydrogens (tertiary/aromatic N) is 1. The van der Waals surface area contributed by atoms with Crippen molar-refractivity contribution in [2.45, 2.75) is 19.8 Å². The van der Waals surface area contributed by atoms with E-state index in [0.717, 1.165) is 23.4 Å². The molecule has 0 aliphatic carbocycles. The average molecular weight is 272 g/mol. The van der Waals surface area contributed by atoms with Crippen molar-refractivity contribution in [1.82, 2.24) is 9.97 Å². The highest BCUT2D eigenvalue weighted by molar-refractivity contribution is 5.91. The van der Waals surface area contributed by atoms with E-state index in [2.05, 4.69) is 15.3 Å². The topological polar surface area (TPSA) is 83.8 Å². The van der Waals surface area contributed by atoms with E-state index in [1.807, 2.05) is 31.2 Å². The summed E-state index contributed by atoms with van der Waals surface area (Å²) >= 11 is 0. The van der Waals surface area contributed by atoms with Crippen molar-refractivity contribution < 1.29 is 4.79 Å². The summed E-state index contributed by atoms with van der Waals surface area (Å²) in [4.78, 5) is 18.9. The Hall–Kier alpha value is -2.14. The van der Waals surface area contributed by atoms with E-state index in [1.165, 1.54) is 0 Å². The van der Waals surface area contributed by atoms with Crippen molar-refractivity contribution in [3.63, 3.8) is 0 Å². The third kappa shape index (κ3) is 3.68. The van der Waals surface area contributed by atoms with Crippen LogP contribution in [0, 0.1) is 5.92 Å². The first kappa shape index (κ1) is 14.3. The molecule has 0 aliphatic rings. The first-order valence-electron chi connectivity index (χ1n) is 6.81. The van der Waals surface area contributed by atoms with Gasteiger partial charge in [0.25, 0.3) is 0 Å². The van der Waals surface area contributed by atoms with Gasteiger partial charge < -0.3 is 16.0 Å². The summed E-state index contributed by atoms with van der Waals surface area (Å²) in [5, 5.41) is 2.89. The van der Waals surface area contributed by atoms with Crippen LogP contribution in [-0.2, 0) is 4.79 Å². The van der Waals surface area contributed by atoms with Gasteiger partial charge in [-0.3, -0.25) is 4.79 Å². The zero-order valence-electron chi connectivity index (χ0n) is 11.6. The maximum Gasteiger partial charge on any atom is 0.224 e. The fourth-order valence-electron chi connectivity index (χ4n) is 2.02. The number of benzene rings is 1. The number of H-pyrrole nitrogens is 1. The fourth-order valence-corrected chi connectivity index (χ4v) is 2.02. The van der Waals surface area contributed by atoms with Gasteiger partial charge in [-0.1, -0.05) is 25.5 Å². The van der Waals surface area contributed by atoms with Crippen LogP contribution in [0.2, 0.25) is 0 Å². The largest absolute Gasteiger partial charge is 0.345 e. The summed E-state index contributed by atoms with van der Waals surface area (Å²) in [6.45, 7) is 2.59. The molecule has 2 aromatic rings. The van der Waals surface area contributed by atoms with Crippen LogP contribution in [0.15, 0.2) is 36.8 Å². The van der Waals surface area contributed by atoms with Crippen LogP contribution in [-0.4, -0.2) is 22.4 Å². The van der Waals surface area contributed by atoms with Crippen LogP contribution in [0.4, 0.5) is 5.69 Å². The number of imidazole rings is 1. The predicted octanol–water partition coefficient (Wildman–Crippen LogP) is 2.39. The Morgan fingerprint density at radius 1 is 1.40 bits per heavy atom. The summed E-state index contributed by atoms with van der Waals surface area (Å²) in [7, 11) is 0. The molecule has 106 valence electrons. The molecule has 1 heterocycles. The van der Waals surface area contributed by atoms with Crippen LogP contribution < -0.4 is 11.1 Å². The number of carbonyl (C=O) groups excluding carboxylic acids is 1. The minimum Gasteiger partial charge on any atom is -0.345 e. The minimum atomic E-state index is 0.0107. The van der Waals surface area contributed by atoms with E-state index in [-0.39, 0.29) is 11.8 Å². The van der Waals surface area contributed by atoms with E-state index in [4.69, 9.17) is 5.73 Å². The SMILES string of the molecule is CCC(CN)CC(=O)Nc1ccc(-c2cnc[nH]2)cc1. The quantitative estimate of drug-likeness (QED) is 0.755. The van der Waals surface area contributed by atoms with Crippen molar-refractivity contribution in [3.05, 3.63) is 36.8 Å². The van der Waals surface area contributed by atoms with Crippen molar-refractivity contribution in [3.8, 4) is 11.3 Å². The molecular formula is C15H20N4O. The summed E-state index contributed by atoms with van der Waals surface area (Å²) < 4.78 is 0. The molecule has 5 nitrogen and oxygen atoms in total. The molecule has 1 amide bonds. The molecule has 2 rings (SSSR count). The highest BCUT2D eigenvalue weighted by Crippen LogP contribution is 2.19. The fraction of sp³-hybridized carbons (Fsp3) is 0.333. The van der Waals surface area contributed by atoms with Crippen LogP contribution in [0.1, 0.15) is 19.8 Å². The van der Waals surface area contributed by atoms with Gasteiger partial charge in [-0.25, -0.2) is 4.98 Å². The van der Waals surface area contributed by atoms with Gasteiger partial charge >= 0.3 is 0 Å². The molecule has 20 heavy (non-hydrogen) atoms. The normalized spacial score (nSPS) is 12.1. The second-order valence-corrected chi connectivity index (χ2v) is 4.80. The summed E-state index contributed by atoms with van der Waals surface area (Å²) in [5.41, 5.74) is 8.40. The molecule has 1 atom stereocenters. The Labute approximate surface area is 118 Å². The van der Waals surface area contributed by atoms with Gasteiger partial charge in [0.15, 0.2) is 0 Å². The second kappa shape index (κ2) is 6.86. The molecule has 0 fully saturated rings. The number of nitrogens with one attached hydrogen (secondary N) is 2. The van der Waals surface area contributed by atoms with Gasteiger partial charge in [0, 0.05) is 12.1 Å². The van der Waals surface area contributed by atoms with E-state index in [0.29, 0.717) is 13.0 Å². The third-order valence-corrected chi connectivity index (χ3v) is 3.36. The molecule has 0 saturated heterocycles. The van der Waals surface area contributed by atoms with Crippen LogP contribution in [0.25, 0.3) is 11.3 Å². The standard InChI is InChI=1S/C15H20N4O/c1-2-11(8-16)7-15(20)19-13-5-3-12(4-6-13)14-9-17-10-18-14/h3-6,9-11H,2,7-8,16H2,1H3,(H,17,18)(H,19,20). The zero-order valence-corrected chi connectivity index (χ0v) is 11.6. The predicted molar refractivity (Wildman–Crippen MR) is 80.1 cm³/mol. The smallest absolute Gasteiger partial charge is 0.224 e. The van der Waals surface area contributed by atoms with Crippen molar-refractivity contribution in [2.24, 2.45) is 11.7 Å². The Morgan fingerprint density at radius 2 is 2.15 bits per heavy atom. The molecule has 4 N–H and O–H groups in total. The molecule has 0 spiro atoms. The van der Waals surface area contributed by atoms with Crippen LogP contribution >= 0.6 is 0 Å². The van der Waals surface area contributed by atoms with Crippen molar-refractivity contribution in [2.75, 3.05) is 11.9 Å². The average Bonchev–Trinajstić information content (AvgIpc) is 2.99. The van der Waals surface area contributed by atoms with Gasteiger partial charge in [-0.2, -0.15) is 0 Å². The van der Waals surface area contributed by atoms with Gasteiger partial charge in [0.05, 0.1) is 18.2 Å². The lowest BCUT2D eigenvalue weighted by molar-refractivity contribution is -0.117. The van der Waals surface area contributed by atoms with Gasteiger partial charge in [-0.05, 0) is 30.2 Å². The van der Waals surface area contributed by atoms with Crippen LogP contribution in [0.3, 0.4) is 0 Å². The highest BCUT2D eigenvalue weighted by atomic mass is 16.1. The first-order chi connectivity index (χ1) is 9.72. The molecular weight excluding hydrogens is 252 g/mol. The lowest BCUT2D eigenvalue weighted by Gasteiger charge is -2.12. The number of nitrogens with two attached hydrogens (primary N) is 1. The minimum absolute atomic E-state index is 0.0107. The lowest BCUT2D eigenvalue weighted by atomic mass is 10.0. The maximum absolute atomic E-state index is 11.9. The first-order valence-corrected chi connectivity index (χ1v) is 6.81. The number of aromatic amines is 1. The van der Waals surface area contributed by atoms with E-state index in [1.54, 1.807) is 12.5 Å². The highest BCUT2D eigenvalue weighted by Gasteiger charge is 2.10. The van der Waals surface area contributed by atoms with Gasteiger partial charge in [0.2, 0.25) is 5.91 Å². The molecule has 0 saturated carbocycles. The Morgan fingerprint density at radius 3 is 2.70 bits per heavy atom. The van der Waals surface area contributed by atoms with E-state index < -0.39 is 0 Å². The number of hydrogen-bond acceptors (Lipinski definition) is 3. The monoisotopic (exact) mass is 272 g/mol. The summed E-state index contributed by atoms with van der Waals surface area (Å²) in [6.07, 6.45) is 4.79. The second-order valence-electron chi connectivity index (χ2n) is 4.80. The van der Waals surface area contributed by atoms with E-state index in [9.17, 15) is 4.79 Å². The third-order valence-electron chi connectivity index (χ3n) is 3.36. The summed E-state index contributed by atoms with van der Waals surface area (Å²) in [6, 6.07) is 7.67. The molecule has 1 unspecified atom stereocenters. The van der Waals surface area contributed by atoms with E-state index >= 15 is 0 Å². The van der Waals surface area contributed by atoms with Crippen LogP contribution in [0.5, 0.6) is 0 Å². The molecule has 1 aromatic carbocycles. The van der Waals surface area contributed by atoms with Gasteiger partial charge in [-0.15, -0.1) is 0 Å². The Bertz CT molecular complexity index is 530. The number of hydrogen-bond donors (Lipinski definition) is 3. The molecule has 1 aromatic heterocycles. The molecule has 0 radical (unpaired) electrons. The summed E-state index contributed by atoms with van der Waals surface area (Å²) in [5.74, 6) is 0.260. The Kier molecular flexibility index (Phi) is 4.90. The number of aromatic nitrogens is 2. The van der Waals surface area contributed by atoms with Crippen molar-refractivity contribution in [1.29, 1.82) is 0 Å². The van der Waals surface area contributed by atoms with Crippen molar-refractivity contribution >= 4 is 11.6 Å². The zero-order chi connectivity index (χ0) is 14.4. The molecule has 0 bridgehead atoms. The Balaban J connectivity index is 1.95. The maximum atomic E-state index is 11.9. The number of anilines is 1. The number of carbonyl (C=O) groups is 1. The number of amides is 1. The molecule has 0 aliphatic heterocycles. The molecule has 5 heteroatoms.